The van der Waals surface area contributed by atoms with Crippen molar-refractivity contribution in [3.05, 3.63) is 71.9 Å². The molecule has 2 amide bonds. The molecule has 10 heteroatoms. The van der Waals surface area contributed by atoms with Gasteiger partial charge in [0.05, 0.1) is 24.4 Å². The molecule has 1 unspecified atom stereocenters. The zero-order valence-electron chi connectivity index (χ0n) is 21.9. The van der Waals surface area contributed by atoms with Gasteiger partial charge >= 0.3 is 6.09 Å². The topological polar surface area (TPSA) is 115 Å². The summed E-state index contributed by atoms with van der Waals surface area (Å²) in [6.45, 7) is 3.01. The number of para-hydroxylation sites is 1. The highest BCUT2D eigenvalue weighted by atomic mass is 16.5. The SMILES string of the molecule is CCn1c(-c2nc3cc(C(=O)N4CC(NC(=O)O)Cc5ccccc54)cc(OC)c3n2C)cc2cccnc21. The molecule has 1 aliphatic rings. The molecule has 3 aromatic heterocycles. The maximum Gasteiger partial charge on any atom is 0.404 e. The van der Waals surface area contributed by atoms with E-state index in [-0.39, 0.29) is 12.5 Å². The normalized spacial score (nSPS) is 14.9. The van der Waals surface area contributed by atoms with Crippen molar-refractivity contribution in [2.45, 2.75) is 25.9 Å². The summed E-state index contributed by atoms with van der Waals surface area (Å²) in [4.78, 5) is 36.4. The minimum Gasteiger partial charge on any atom is -0.494 e. The van der Waals surface area contributed by atoms with Crippen molar-refractivity contribution in [1.29, 1.82) is 0 Å². The van der Waals surface area contributed by atoms with Crippen molar-refractivity contribution >= 4 is 39.8 Å². The van der Waals surface area contributed by atoms with Crippen LogP contribution in [0.1, 0.15) is 22.8 Å². The summed E-state index contributed by atoms with van der Waals surface area (Å²) in [6.07, 6.45) is 1.18. The Bertz CT molecular complexity index is 1750. The van der Waals surface area contributed by atoms with Gasteiger partial charge in [-0.25, -0.2) is 14.8 Å². The van der Waals surface area contributed by atoms with Gasteiger partial charge in [-0.1, -0.05) is 18.2 Å². The summed E-state index contributed by atoms with van der Waals surface area (Å²) >= 11 is 0. The average molecular weight is 525 g/mol. The Morgan fingerprint density at radius 1 is 1.15 bits per heavy atom. The number of fused-ring (bicyclic) bond motifs is 3. The minimum absolute atomic E-state index is 0.222. The first kappa shape index (κ1) is 24.5. The third kappa shape index (κ3) is 4.04. The Labute approximate surface area is 224 Å². The third-order valence-corrected chi connectivity index (χ3v) is 7.33. The Hall–Kier alpha value is -4.86. The van der Waals surface area contributed by atoms with Crippen LogP contribution < -0.4 is 15.0 Å². The fraction of sp³-hybridized carbons (Fsp3) is 0.241. The van der Waals surface area contributed by atoms with Gasteiger partial charge in [-0.2, -0.15) is 0 Å². The van der Waals surface area contributed by atoms with E-state index in [1.165, 1.54) is 0 Å². The van der Waals surface area contributed by atoms with Crippen LogP contribution in [0.3, 0.4) is 0 Å². The van der Waals surface area contributed by atoms with Gasteiger partial charge in [0, 0.05) is 43.0 Å². The number of carbonyl (C=O) groups excluding carboxylic acids is 1. The van der Waals surface area contributed by atoms with Crippen molar-refractivity contribution in [2.24, 2.45) is 7.05 Å². The molecule has 0 radical (unpaired) electrons. The minimum atomic E-state index is -1.12. The predicted octanol–water partition coefficient (Wildman–Crippen LogP) is 4.46. The fourth-order valence-electron chi connectivity index (χ4n) is 5.63. The number of amides is 2. The van der Waals surface area contributed by atoms with Gasteiger partial charge in [-0.05, 0) is 55.3 Å². The highest BCUT2D eigenvalue weighted by Crippen LogP contribution is 2.35. The zero-order valence-corrected chi connectivity index (χ0v) is 21.9. The van der Waals surface area contributed by atoms with Crippen molar-refractivity contribution in [1.82, 2.24) is 24.4 Å². The lowest BCUT2D eigenvalue weighted by Gasteiger charge is -2.34. The molecule has 4 heterocycles. The van der Waals surface area contributed by atoms with Crippen LogP contribution in [0, 0.1) is 0 Å². The van der Waals surface area contributed by atoms with Crippen LogP contribution in [0.25, 0.3) is 33.6 Å². The third-order valence-electron chi connectivity index (χ3n) is 7.33. The van der Waals surface area contributed by atoms with Gasteiger partial charge in [0.25, 0.3) is 5.91 Å². The number of benzene rings is 2. The van der Waals surface area contributed by atoms with Gasteiger partial charge < -0.3 is 29.2 Å². The number of methoxy groups -OCH3 is 1. The molecule has 2 aromatic carbocycles. The summed E-state index contributed by atoms with van der Waals surface area (Å²) in [5, 5.41) is 12.9. The first-order chi connectivity index (χ1) is 18.9. The van der Waals surface area contributed by atoms with Gasteiger partial charge in [0.1, 0.15) is 16.9 Å². The maximum atomic E-state index is 13.9. The fourth-order valence-corrected chi connectivity index (χ4v) is 5.63. The van der Waals surface area contributed by atoms with Crippen molar-refractivity contribution in [3.63, 3.8) is 0 Å². The number of nitrogens with zero attached hydrogens (tertiary/aromatic N) is 5. The number of hydrogen-bond acceptors (Lipinski definition) is 5. The Morgan fingerprint density at radius 2 is 1.97 bits per heavy atom. The molecule has 5 aromatic rings. The van der Waals surface area contributed by atoms with Crippen LogP contribution in [0.5, 0.6) is 5.75 Å². The highest BCUT2D eigenvalue weighted by molar-refractivity contribution is 6.09. The molecule has 0 fully saturated rings. The lowest BCUT2D eigenvalue weighted by atomic mass is 9.97. The summed E-state index contributed by atoms with van der Waals surface area (Å²) in [6, 6.07) is 16.7. The molecular formula is C29H28N6O4. The molecule has 0 bridgehead atoms. The molecule has 2 N–H and O–H groups in total. The molecule has 39 heavy (non-hydrogen) atoms. The van der Waals surface area contributed by atoms with Crippen molar-refractivity contribution in [2.75, 3.05) is 18.6 Å². The predicted molar refractivity (Wildman–Crippen MR) is 148 cm³/mol. The summed E-state index contributed by atoms with van der Waals surface area (Å²) in [7, 11) is 3.51. The molecule has 198 valence electrons. The monoisotopic (exact) mass is 524 g/mol. The second-order valence-electron chi connectivity index (χ2n) is 9.63. The highest BCUT2D eigenvalue weighted by Gasteiger charge is 2.31. The molecule has 0 spiro atoms. The number of nitrogens with one attached hydrogen (secondary N) is 1. The van der Waals surface area contributed by atoms with E-state index in [2.05, 4.69) is 27.9 Å². The van der Waals surface area contributed by atoms with Gasteiger partial charge in [0.2, 0.25) is 0 Å². The lowest BCUT2D eigenvalue weighted by molar-refractivity contribution is 0.0980. The summed E-state index contributed by atoms with van der Waals surface area (Å²) < 4.78 is 9.85. The van der Waals surface area contributed by atoms with Gasteiger partial charge in [0.15, 0.2) is 5.82 Å². The number of ether oxygens (including phenoxy) is 1. The number of carboxylic acid groups (broad SMARTS) is 1. The second kappa shape index (κ2) is 9.46. The maximum absolute atomic E-state index is 13.9. The summed E-state index contributed by atoms with van der Waals surface area (Å²) in [5.41, 5.74) is 5.30. The van der Waals surface area contributed by atoms with Crippen molar-refractivity contribution < 1.29 is 19.4 Å². The number of anilines is 1. The Morgan fingerprint density at radius 3 is 2.74 bits per heavy atom. The molecule has 1 atom stereocenters. The molecule has 6 rings (SSSR count). The van der Waals surface area contributed by atoms with Crippen LogP contribution in [-0.2, 0) is 20.0 Å². The van der Waals surface area contributed by atoms with Crippen molar-refractivity contribution in [3.8, 4) is 17.3 Å². The first-order valence-corrected chi connectivity index (χ1v) is 12.8. The Balaban J connectivity index is 1.46. The van der Waals surface area contributed by atoms with E-state index < -0.39 is 12.1 Å². The number of rotatable bonds is 5. The van der Waals surface area contributed by atoms with E-state index >= 15 is 0 Å². The second-order valence-corrected chi connectivity index (χ2v) is 9.63. The van der Waals surface area contributed by atoms with Crippen LogP contribution >= 0.6 is 0 Å². The van der Waals surface area contributed by atoms with E-state index in [0.29, 0.717) is 23.3 Å². The quantitative estimate of drug-likeness (QED) is 0.351. The number of pyridine rings is 1. The summed E-state index contributed by atoms with van der Waals surface area (Å²) in [5.74, 6) is 1.01. The molecule has 0 saturated heterocycles. The zero-order chi connectivity index (χ0) is 27.3. The van der Waals surface area contributed by atoms with Crippen LogP contribution in [0.15, 0.2) is 60.8 Å². The molecule has 10 nitrogen and oxygen atoms in total. The average Bonchev–Trinajstić information content (AvgIpc) is 3.48. The largest absolute Gasteiger partial charge is 0.494 e. The molecular weight excluding hydrogens is 496 g/mol. The molecule has 1 aliphatic heterocycles. The van der Waals surface area contributed by atoms with E-state index in [1.807, 2.05) is 48.0 Å². The Kier molecular flexibility index (Phi) is 5.94. The van der Waals surface area contributed by atoms with E-state index in [4.69, 9.17) is 9.72 Å². The number of aromatic nitrogens is 4. The van der Waals surface area contributed by atoms with E-state index in [1.54, 1.807) is 30.3 Å². The lowest BCUT2D eigenvalue weighted by Crippen LogP contribution is -2.50. The van der Waals surface area contributed by atoms with Gasteiger partial charge in [-0.15, -0.1) is 0 Å². The number of hydrogen-bond donors (Lipinski definition) is 2. The number of imidazole rings is 1. The van der Waals surface area contributed by atoms with Crippen LogP contribution in [0.2, 0.25) is 0 Å². The van der Waals surface area contributed by atoms with E-state index in [9.17, 15) is 14.7 Å². The molecule has 0 saturated carbocycles. The first-order valence-electron chi connectivity index (χ1n) is 12.8. The van der Waals surface area contributed by atoms with Gasteiger partial charge in [-0.3, -0.25) is 4.79 Å². The van der Waals surface area contributed by atoms with E-state index in [0.717, 1.165) is 45.9 Å². The molecule has 0 aliphatic carbocycles. The number of aryl methyl sites for hydroxylation is 2. The standard InChI is InChI=1S/C29H28N6O4/c1-4-34-23(14-18-9-7-11-30-26(18)34)27-32-21-13-19(15-24(39-3)25(21)33(27)2)28(36)35-16-20(31-29(37)38)12-17-8-5-6-10-22(17)35/h5-11,13-15,20,31H,4,12,16H2,1-3H3,(H,37,38). The number of carbonyl (C=O) groups is 2. The van der Waals surface area contributed by atoms with Crippen LogP contribution in [0.4, 0.5) is 10.5 Å². The van der Waals surface area contributed by atoms with Crippen LogP contribution in [-0.4, -0.2) is 55.9 Å². The smallest absolute Gasteiger partial charge is 0.404 e.